The van der Waals surface area contributed by atoms with E-state index in [-0.39, 0.29) is 33.1 Å². The standard InChI is InChI=1S/C24H20Cl2FN3O3/c1-12(19-17(25)7-8-18(27)20(19)26)33-22-21-15(10-29-23(22)28)16(11-32-21)13-5-4-6-14(9-13)24(31)30(2)3/h4-12H,1-3H3,(H2,28,29)/t12-/m1/s1. The van der Waals surface area contributed by atoms with E-state index >= 15 is 0 Å². The van der Waals surface area contributed by atoms with Gasteiger partial charge in [-0.3, -0.25) is 4.79 Å². The molecule has 9 heteroatoms. The average molecular weight is 488 g/mol. The van der Waals surface area contributed by atoms with Crippen LogP contribution < -0.4 is 10.5 Å². The monoisotopic (exact) mass is 487 g/mol. The number of furan rings is 1. The number of rotatable bonds is 5. The fourth-order valence-electron chi connectivity index (χ4n) is 3.55. The van der Waals surface area contributed by atoms with Crippen molar-refractivity contribution in [3.05, 3.63) is 75.8 Å². The van der Waals surface area contributed by atoms with Gasteiger partial charge in [-0.2, -0.15) is 0 Å². The van der Waals surface area contributed by atoms with Gasteiger partial charge in [0, 0.05) is 42.0 Å². The number of aromatic nitrogens is 1. The topological polar surface area (TPSA) is 81.6 Å². The summed E-state index contributed by atoms with van der Waals surface area (Å²) >= 11 is 12.4. The SMILES string of the molecule is C[C@@H](Oc1c(N)ncc2c(-c3cccc(C(=O)N(C)C)c3)coc12)c1c(Cl)ccc(F)c1Cl. The smallest absolute Gasteiger partial charge is 0.253 e. The molecule has 33 heavy (non-hydrogen) atoms. The Labute approximate surface area is 199 Å². The van der Waals surface area contributed by atoms with Crippen LogP contribution in [0.4, 0.5) is 10.2 Å². The fourth-order valence-corrected chi connectivity index (χ4v) is 4.22. The number of hydrogen-bond donors (Lipinski definition) is 1. The number of hydrogen-bond acceptors (Lipinski definition) is 5. The quantitative estimate of drug-likeness (QED) is 0.331. The Balaban J connectivity index is 1.76. The Morgan fingerprint density at radius 2 is 2.00 bits per heavy atom. The lowest BCUT2D eigenvalue weighted by atomic mass is 10.0. The maximum atomic E-state index is 14.0. The van der Waals surface area contributed by atoms with Crippen molar-refractivity contribution in [3.8, 4) is 16.9 Å². The van der Waals surface area contributed by atoms with Crippen molar-refractivity contribution in [2.75, 3.05) is 19.8 Å². The molecule has 2 N–H and O–H groups in total. The Kier molecular flexibility index (Phi) is 6.19. The van der Waals surface area contributed by atoms with E-state index in [1.807, 2.05) is 6.07 Å². The first-order valence-corrected chi connectivity index (χ1v) is 10.7. The molecule has 0 aliphatic rings. The fraction of sp³-hybridized carbons (Fsp3) is 0.167. The van der Waals surface area contributed by atoms with Gasteiger partial charge >= 0.3 is 0 Å². The zero-order valence-corrected chi connectivity index (χ0v) is 19.5. The average Bonchev–Trinajstić information content (AvgIpc) is 3.22. The third-order valence-electron chi connectivity index (χ3n) is 5.21. The summed E-state index contributed by atoms with van der Waals surface area (Å²) in [6.07, 6.45) is 2.37. The van der Waals surface area contributed by atoms with E-state index in [9.17, 15) is 9.18 Å². The van der Waals surface area contributed by atoms with Crippen LogP contribution in [0.1, 0.15) is 28.9 Å². The molecule has 0 saturated carbocycles. The molecule has 0 radical (unpaired) electrons. The lowest BCUT2D eigenvalue weighted by molar-refractivity contribution is 0.0827. The number of benzene rings is 2. The molecular formula is C24H20Cl2FN3O3. The third kappa shape index (κ3) is 4.21. The highest BCUT2D eigenvalue weighted by atomic mass is 35.5. The number of carbonyl (C=O) groups excluding carboxylic acids is 1. The van der Waals surface area contributed by atoms with E-state index in [0.717, 1.165) is 5.56 Å². The molecule has 0 aliphatic heterocycles. The molecule has 0 unspecified atom stereocenters. The van der Waals surface area contributed by atoms with E-state index < -0.39 is 11.9 Å². The molecule has 1 atom stereocenters. The van der Waals surface area contributed by atoms with E-state index in [4.69, 9.17) is 38.1 Å². The molecule has 170 valence electrons. The minimum Gasteiger partial charge on any atom is -0.478 e. The van der Waals surface area contributed by atoms with Gasteiger partial charge in [0.25, 0.3) is 5.91 Å². The van der Waals surface area contributed by atoms with Gasteiger partial charge in [0.1, 0.15) is 11.9 Å². The Morgan fingerprint density at radius 1 is 1.24 bits per heavy atom. The Bertz CT molecular complexity index is 1370. The van der Waals surface area contributed by atoms with E-state index in [1.165, 1.54) is 17.0 Å². The van der Waals surface area contributed by atoms with Crippen LogP contribution in [0.25, 0.3) is 22.1 Å². The van der Waals surface area contributed by atoms with Crippen molar-refractivity contribution in [1.82, 2.24) is 9.88 Å². The Morgan fingerprint density at radius 3 is 2.73 bits per heavy atom. The van der Waals surface area contributed by atoms with E-state index in [0.29, 0.717) is 22.1 Å². The molecule has 4 aromatic rings. The summed E-state index contributed by atoms with van der Waals surface area (Å²) in [5.41, 5.74) is 8.74. The van der Waals surface area contributed by atoms with Crippen molar-refractivity contribution < 1.29 is 18.3 Å². The normalized spacial score (nSPS) is 12.1. The number of ether oxygens (including phenoxy) is 1. The Hall–Kier alpha value is -3.29. The van der Waals surface area contributed by atoms with Crippen LogP contribution in [0.3, 0.4) is 0 Å². The van der Waals surface area contributed by atoms with Gasteiger partial charge in [-0.25, -0.2) is 9.37 Å². The van der Waals surface area contributed by atoms with Crippen molar-refractivity contribution in [2.45, 2.75) is 13.0 Å². The van der Waals surface area contributed by atoms with E-state index in [2.05, 4.69) is 4.98 Å². The third-order valence-corrected chi connectivity index (χ3v) is 5.92. The van der Waals surface area contributed by atoms with Crippen molar-refractivity contribution in [3.63, 3.8) is 0 Å². The van der Waals surface area contributed by atoms with Gasteiger partial charge < -0.3 is 19.8 Å². The maximum absolute atomic E-state index is 14.0. The van der Waals surface area contributed by atoms with Gasteiger partial charge in [0.05, 0.1) is 16.7 Å². The zero-order chi connectivity index (χ0) is 23.9. The molecule has 6 nitrogen and oxygen atoms in total. The maximum Gasteiger partial charge on any atom is 0.253 e. The number of fused-ring (bicyclic) bond motifs is 1. The van der Waals surface area contributed by atoms with Crippen LogP contribution in [0.15, 0.2) is 53.3 Å². The first kappa shape index (κ1) is 22.9. The second kappa shape index (κ2) is 8.92. The number of halogens is 3. The number of nitrogens with two attached hydrogens (primary N) is 1. The largest absolute Gasteiger partial charge is 0.478 e. The second-order valence-corrected chi connectivity index (χ2v) is 8.45. The van der Waals surface area contributed by atoms with Crippen LogP contribution >= 0.6 is 23.2 Å². The molecule has 0 bridgehead atoms. The minimum absolute atomic E-state index is 0.0930. The summed E-state index contributed by atoms with van der Waals surface area (Å²) < 4.78 is 25.8. The summed E-state index contributed by atoms with van der Waals surface area (Å²) in [6.45, 7) is 1.67. The van der Waals surface area contributed by atoms with E-state index in [1.54, 1.807) is 51.7 Å². The summed E-state index contributed by atoms with van der Waals surface area (Å²) in [4.78, 5) is 18.1. The lowest BCUT2D eigenvalue weighted by Crippen LogP contribution is -2.21. The molecule has 0 fully saturated rings. The van der Waals surface area contributed by atoms with Gasteiger partial charge in [0.2, 0.25) is 5.75 Å². The minimum atomic E-state index is -0.745. The summed E-state index contributed by atoms with van der Waals surface area (Å²) in [5.74, 6) is -0.449. The van der Waals surface area contributed by atoms with Crippen molar-refractivity contribution in [1.29, 1.82) is 0 Å². The van der Waals surface area contributed by atoms with Gasteiger partial charge in [-0.1, -0.05) is 35.3 Å². The van der Waals surface area contributed by atoms with Gasteiger partial charge in [-0.15, -0.1) is 0 Å². The molecule has 2 heterocycles. The predicted octanol–water partition coefficient (Wildman–Crippen LogP) is 6.36. The number of nitrogens with zero attached hydrogens (tertiary/aromatic N) is 2. The first-order chi connectivity index (χ1) is 15.7. The highest BCUT2D eigenvalue weighted by molar-refractivity contribution is 6.36. The number of nitrogen functional groups attached to an aromatic ring is 1. The van der Waals surface area contributed by atoms with Gasteiger partial charge in [0.15, 0.2) is 11.4 Å². The molecule has 2 aromatic heterocycles. The van der Waals surface area contributed by atoms with Crippen LogP contribution in [0.5, 0.6) is 5.75 Å². The van der Waals surface area contributed by atoms with Crippen molar-refractivity contribution >= 4 is 45.9 Å². The lowest BCUT2D eigenvalue weighted by Gasteiger charge is -2.18. The van der Waals surface area contributed by atoms with Crippen LogP contribution in [0, 0.1) is 5.82 Å². The number of pyridine rings is 1. The second-order valence-electron chi connectivity index (χ2n) is 7.66. The molecule has 0 aliphatic carbocycles. The number of carbonyl (C=O) groups is 1. The van der Waals surface area contributed by atoms with Gasteiger partial charge in [-0.05, 0) is 36.8 Å². The molecular weight excluding hydrogens is 468 g/mol. The molecule has 1 amide bonds. The first-order valence-electron chi connectivity index (χ1n) is 9.96. The summed E-state index contributed by atoms with van der Waals surface area (Å²) in [6, 6.07) is 9.77. The molecule has 2 aromatic carbocycles. The zero-order valence-electron chi connectivity index (χ0n) is 18.0. The summed E-state index contributed by atoms with van der Waals surface area (Å²) in [5, 5.41) is 0.767. The summed E-state index contributed by atoms with van der Waals surface area (Å²) in [7, 11) is 3.38. The highest BCUT2D eigenvalue weighted by Gasteiger charge is 2.23. The molecule has 0 spiro atoms. The van der Waals surface area contributed by atoms with Crippen molar-refractivity contribution in [2.24, 2.45) is 0 Å². The number of anilines is 1. The molecule has 4 rings (SSSR count). The van der Waals surface area contributed by atoms with Crippen LogP contribution in [0.2, 0.25) is 10.0 Å². The number of amides is 1. The van der Waals surface area contributed by atoms with Crippen LogP contribution in [-0.4, -0.2) is 29.9 Å². The molecule has 0 saturated heterocycles. The predicted molar refractivity (Wildman–Crippen MR) is 127 cm³/mol. The highest BCUT2D eigenvalue weighted by Crippen LogP contribution is 2.41. The van der Waals surface area contributed by atoms with Crippen LogP contribution in [-0.2, 0) is 0 Å².